The van der Waals surface area contributed by atoms with E-state index < -0.39 is 0 Å². The molecule has 1 aromatic carbocycles. The average Bonchev–Trinajstić information content (AvgIpc) is 2.69. The lowest BCUT2D eigenvalue weighted by Crippen LogP contribution is -2.05. The predicted molar refractivity (Wildman–Crippen MR) is 73.0 cm³/mol. The maximum absolute atomic E-state index is 6.19. The van der Waals surface area contributed by atoms with E-state index in [1.807, 2.05) is 22.8 Å². The predicted octanol–water partition coefficient (Wildman–Crippen LogP) is 4.02. The van der Waals surface area contributed by atoms with Crippen LogP contribution in [-0.4, -0.2) is 14.8 Å². The van der Waals surface area contributed by atoms with Crippen molar-refractivity contribution in [1.29, 1.82) is 0 Å². The molecule has 0 saturated heterocycles. The molecule has 0 aliphatic carbocycles. The van der Waals surface area contributed by atoms with E-state index in [0.717, 1.165) is 22.4 Å². The number of hydrogen-bond donors (Lipinski definition) is 0. The van der Waals surface area contributed by atoms with Gasteiger partial charge < -0.3 is 4.57 Å². The van der Waals surface area contributed by atoms with E-state index in [4.69, 9.17) is 11.6 Å². The third kappa shape index (κ3) is 2.87. The van der Waals surface area contributed by atoms with Crippen molar-refractivity contribution in [2.75, 3.05) is 0 Å². The first-order valence-electron chi connectivity index (χ1n) is 5.41. The Bertz CT molecular complexity index is 522. The third-order valence-corrected chi connectivity index (χ3v) is 3.17. The van der Waals surface area contributed by atoms with Crippen LogP contribution >= 0.6 is 27.5 Å². The van der Waals surface area contributed by atoms with E-state index in [2.05, 4.69) is 40.0 Å². The van der Waals surface area contributed by atoms with Gasteiger partial charge >= 0.3 is 0 Å². The van der Waals surface area contributed by atoms with Gasteiger partial charge in [-0.05, 0) is 24.1 Å². The molecule has 2 rings (SSSR count). The highest BCUT2D eigenvalue weighted by Gasteiger charge is 2.12. The highest BCUT2D eigenvalue weighted by molar-refractivity contribution is 9.10. The molecule has 0 saturated carbocycles. The van der Waals surface area contributed by atoms with Crippen molar-refractivity contribution in [2.45, 2.75) is 20.4 Å². The molecular formula is C12H13BrClN3. The van der Waals surface area contributed by atoms with E-state index in [9.17, 15) is 0 Å². The van der Waals surface area contributed by atoms with Crippen LogP contribution < -0.4 is 0 Å². The minimum Gasteiger partial charge on any atom is -0.313 e. The normalized spacial score (nSPS) is 11.1. The van der Waals surface area contributed by atoms with E-state index in [-0.39, 0.29) is 0 Å². The molecule has 1 heterocycles. The second-order valence-corrected chi connectivity index (χ2v) is 5.65. The maximum atomic E-state index is 6.19. The molecule has 0 atom stereocenters. The summed E-state index contributed by atoms with van der Waals surface area (Å²) >= 11 is 9.64. The SMILES string of the molecule is CC(C)Cn1cnnc1-c1cc(Br)ccc1Cl. The van der Waals surface area contributed by atoms with Crippen molar-refractivity contribution in [3.63, 3.8) is 0 Å². The fourth-order valence-corrected chi connectivity index (χ4v) is 2.22. The summed E-state index contributed by atoms with van der Waals surface area (Å²) in [5.41, 5.74) is 0.902. The van der Waals surface area contributed by atoms with Crippen molar-refractivity contribution in [3.8, 4) is 11.4 Å². The van der Waals surface area contributed by atoms with Crippen molar-refractivity contribution in [3.05, 3.63) is 34.0 Å². The van der Waals surface area contributed by atoms with Gasteiger partial charge in [-0.25, -0.2) is 0 Å². The van der Waals surface area contributed by atoms with Gasteiger partial charge in [0.25, 0.3) is 0 Å². The molecule has 5 heteroatoms. The van der Waals surface area contributed by atoms with Crippen LogP contribution in [0.2, 0.25) is 5.02 Å². The van der Waals surface area contributed by atoms with Gasteiger partial charge in [-0.1, -0.05) is 41.4 Å². The highest BCUT2D eigenvalue weighted by atomic mass is 79.9. The van der Waals surface area contributed by atoms with Crippen molar-refractivity contribution < 1.29 is 0 Å². The summed E-state index contributed by atoms with van der Waals surface area (Å²) in [6.45, 7) is 5.20. The Labute approximate surface area is 114 Å². The van der Waals surface area contributed by atoms with Crippen LogP contribution in [-0.2, 0) is 6.54 Å². The minimum atomic E-state index is 0.538. The molecule has 0 radical (unpaired) electrons. The molecule has 1 aromatic heterocycles. The van der Waals surface area contributed by atoms with E-state index >= 15 is 0 Å². The van der Waals surface area contributed by atoms with E-state index in [1.54, 1.807) is 6.33 Å². The molecule has 0 aliphatic rings. The maximum Gasteiger partial charge on any atom is 0.165 e. The summed E-state index contributed by atoms with van der Waals surface area (Å²) in [7, 11) is 0. The highest BCUT2D eigenvalue weighted by Crippen LogP contribution is 2.29. The minimum absolute atomic E-state index is 0.538. The molecule has 0 aliphatic heterocycles. The molecular weight excluding hydrogens is 302 g/mol. The Morgan fingerprint density at radius 2 is 2.18 bits per heavy atom. The Morgan fingerprint density at radius 1 is 1.41 bits per heavy atom. The molecule has 0 fully saturated rings. The summed E-state index contributed by atoms with van der Waals surface area (Å²) in [5, 5.41) is 8.80. The Morgan fingerprint density at radius 3 is 2.88 bits per heavy atom. The number of benzene rings is 1. The van der Waals surface area contributed by atoms with E-state index in [1.165, 1.54) is 0 Å². The molecule has 17 heavy (non-hydrogen) atoms. The smallest absolute Gasteiger partial charge is 0.165 e. The number of nitrogens with zero attached hydrogens (tertiary/aromatic N) is 3. The van der Waals surface area contributed by atoms with Crippen LogP contribution in [0, 0.1) is 5.92 Å². The lowest BCUT2D eigenvalue weighted by atomic mass is 10.2. The van der Waals surface area contributed by atoms with Crippen LogP contribution in [0.4, 0.5) is 0 Å². The first-order valence-corrected chi connectivity index (χ1v) is 6.58. The van der Waals surface area contributed by atoms with E-state index in [0.29, 0.717) is 10.9 Å². The Balaban J connectivity index is 2.45. The molecule has 0 N–H and O–H groups in total. The second kappa shape index (κ2) is 5.19. The van der Waals surface area contributed by atoms with Gasteiger partial charge in [0.05, 0.1) is 5.02 Å². The second-order valence-electron chi connectivity index (χ2n) is 4.32. The van der Waals surface area contributed by atoms with Gasteiger partial charge in [0.1, 0.15) is 6.33 Å². The number of hydrogen-bond acceptors (Lipinski definition) is 2. The van der Waals surface area contributed by atoms with Gasteiger partial charge in [-0.15, -0.1) is 10.2 Å². The first kappa shape index (κ1) is 12.6. The Kier molecular flexibility index (Phi) is 3.84. The lowest BCUT2D eigenvalue weighted by Gasteiger charge is -2.10. The zero-order valence-electron chi connectivity index (χ0n) is 9.69. The molecule has 3 nitrogen and oxygen atoms in total. The van der Waals surface area contributed by atoms with Crippen LogP contribution in [0.25, 0.3) is 11.4 Å². The summed E-state index contributed by atoms with van der Waals surface area (Å²) in [6, 6.07) is 5.73. The molecule has 90 valence electrons. The zero-order chi connectivity index (χ0) is 12.4. The van der Waals surface area contributed by atoms with Gasteiger partial charge in [-0.3, -0.25) is 0 Å². The molecule has 0 bridgehead atoms. The lowest BCUT2D eigenvalue weighted by molar-refractivity contribution is 0.525. The molecule has 2 aromatic rings. The van der Waals surface area contributed by atoms with Gasteiger partial charge in [0.15, 0.2) is 5.82 Å². The summed E-state index contributed by atoms with van der Waals surface area (Å²) in [6.07, 6.45) is 1.74. The summed E-state index contributed by atoms with van der Waals surface area (Å²) < 4.78 is 3.01. The van der Waals surface area contributed by atoms with Crippen LogP contribution in [0.15, 0.2) is 29.0 Å². The van der Waals surface area contributed by atoms with Gasteiger partial charge in [0.2, 0.25) is 0 Å². The summed E-state index contributed by atoms with van der Waals surface area (Å²) in [4.78, 5) is 0. The molecule has 0 amide bonds. The van der Waals surface area contributed by atoms with Crippen LogP contribution in [0.3, 0.4) is 0 Å². The first-order chi connectivity index (χ1) is 8.08. The zero-order valence-corrected chi connectivity index (χ0v) is 12.0. The number of rotatable bonds is 3. The standard InChI is InChI=1S/C12H13BrClN3/c1-8(2)6-17-7-15-16-12(17)10-5-9(13)3-4-11(10)14/h3-5,7-8H,6H2,1-2H3. The Hall–Kier alpha value is -0.870. The van der Waals surface area contributed by atoms with Gasteiger partial charge in [0, 0.05) is 16.6 Å². The average molecular weight is 315 g/mol. The third-order valence-electron chi connectivity index (χ3n) is 2.35. The van der Waals surface area contributed by atoms with Crippen LogP contribution in [0.1, 0.15) is 13.8 Å². The fraction of sp³-hybridized carbons (Fsp3) is 0.333. The quantitative estimate of drug-likeness (QED) is 0.857. The largest absolute Gasteiger partial charge is 0.313 e. The number of aromatic nitrogens is 3. The molecule has 0 spiro atoms. The molecule has 0 unspecified atom stereocenters. The topological polar surface area (TPSA) is 30.7 Å². The van der Waals surface area contributed by atoms with Crippen molar-refractivity contribution in [2.24, 2.45) is 5.92 Å². The van der Waals surface area contributed by atoms with Crippen LogP contribution in [0.5, 0.6) is 0 Å². The van der Waals surface area contributed by atoms with Crippen molar-refractivity contribution in [1.82, 2.24) is 14.8 Å². The monoisotopic (exact) mass is 313 g/mol. The van der Waals surface area contributed by atoms with Crippen molar-refractivity contribution >= 4 is 27.5 Å². The number of halogens is 2. The summed E-state index contributed by atoms with van der Waals surface area (Å²) in [5.74, 6) is 1.35. The fourth-order valence-electron chi connectivity index (χ4n) is 1.66. The van der Waals surface area contributed by atoms with Gasteiger partial charge in [-0.2, -0.15) is 0 Å².